The Hall–Kier alpha value is -1.23. The highest BCUT2D eigenvalue weighted by Gasteiger charge is 2.44. The maximum atomic E-state index is 12.6. The summed E-state index contributed by atoms with van der Waals surface area (Å²) in [5.41, 5.74) is 1.27. The van der Waals surface area contributed by atoms with Crippen molar-refractivity contribution in [1.82, 2.24) is 4.90 Å². The molecule has 0 N–H and O–H groups in total. The van der Waals surface area contributed by atoms with Gasteiger partial charge in [-0.3, -0.25) is 4.79 Å². The molecule has 0 saturated carbocycles. The molecule has 1 heterocycles. The predicted octanol–water partition coefficient (Wildman–Crippen LogP) is 3.56. The number of hydrogen-bond acceptors (Lipinski definition) is 1. The van der Waals surface area contributed by atoms with E-state index in [1.165, 1.54) is 0 Å². The van der Waals surface area contributed by atoms with Crippen molar-refractivity contribution >= 4 is 17.5 Å². The Morgan fingerprint density at radius 3 is 2.60 bits per heavy atom. The molecule has 2 nitrogen and oxygen atoms in total. The number of alkyl halides is 3. The first kappa shape index (κ1) is 15.2. The van der Waals surface area contributed by atoms with Crippen LogP contribution in [-0.2, 0) is 16.6 Å². The van der Waals surface area contributed by atoms with E-state index in [0.717, 1.165) is 16.0 Å². The number of benzene rings is 1. The highest BCUT2D eigenvalue weighted by Crippen LogP contribution is 2.34. The number of amides is 1. The van der Waals surface area contributed by atoms with E-state index in [1.807, 2.05) is 19.9 Å². The molecule has 1 amide bonds. The van der Waals surface area contributed by atoms with Gasteiger partial charge in [-0.15, -0.1) is 0 Å². The SMILES string of the molecule is CC1(C)CN(C(=O)C(F)(F)F)CCc2ccc(Cl)cc21. The first-order chi connectivity index (χ1) is 9.11. The van der Waals surface area contributed by atoms with Gasteiger partial charge in [0.2, 0.25) is 0 Å². The van der Waals surface area contributed by atoms with Crippen LogP contribution in [-0.4, -0.2) is 30.1 Å². The maximum absolute atomic E-state index is 12.6. The number of rotatable bonds is 0. The minimum Gasteiger partial charge on any atom is -0.334 e. The van der Waals surface area contributed by atoms with Crippen LogP contribution in [0.5, 0.6) is 0 Å². The normalized spacial score (nSPS) is 18.4. The maximum Gasteiger partial charge on any atom is 0.471 e. The Morgan fingerprint density at radius 2 is 2.00 bits per heavy atom. The summed E-state index contributed by atoms with van der Waals surface area (Å²) in [5, 5.41) is 0.549. The topological polar surface area (TPSA) is 20.3 Å². The van der Waals surface area contributed by atoms with E-state index in [1.54, 1.807) is 12.1 Å². The van der Waals surface area contributed by atoms with Crippen molar-refractivity contribution in [3.63, 3.8) is 0 Å². The Bertz CT molecular complexity index is 540. The second-order valence-corrected chi connectivity index (χ2v) is 6.10. The third kappa shape index (κ3) is 2.92. The first-order valence-corrected chi connectivity index (χ1v) is 6.64. The standard InChI is InChI=1S/C14H15ClF3NO/c1-13(2)8-19(12(20)14(16,17)18)6-5-9-3-4-10(15)7-11(9)13/h3-4,7H,5-6,8H2,1-2H3. The van der Waals surface area contributed by atoms with Gasteiger partial charge in [0.05, 0.1) is 0 Å². The van der Waals surface area contributed by atoms with E-state index in [4.69, 9.17) is 11.6 Å². The number of nitrogens with zero attached hydrogens (tertiary/aromatic N) is 1. The minimum absolute atomic E-state index is 0.0265. The van der Waals surface area contributed by atoms with Crippen LogP contribution >= 0.6 is 11.6 Å². The van der Waals surface area contributed by atoms with Crippen LogP contribution in [0, 0.1) is 0 Å². The van der Waals surface area contributed by atoms with Crippen molar-refractivity contribution in [2.24, 2.45) is 0 Å². The molecule has 0 aliphatic carbocycles. The Morgan fingerprint density at radius 1 is 1.35 bits per heavy atom. The van der Waals surface area contributed by atoms with Crippen molar-refractivity contribution in [2.75, 3.05) is 13.1 Å². The van der Waals surface area contributed by atoms with E-state index in [-0.39, 0.29) is 13.1 Å². The highest BCUT2D eigenvalue weighted by molar-refractivity contribution is 6.30. The van der Waals surface area contributed by atoms with Crippen molar-refractivity contribution < 1.29 is 18.0 Å². The largest absolute Gasteiger partial charge is 0.471 e. The zero-order valence-corrected chi connectivity index (χ0v) is 12.0. The molecule has 1 aliphatic rings. The average Bonchev–Trinajstić information content (AvgIpc) is 2.45. The fourth-order valence-corrected chi connectivity index (χ4v) is 2.82. The number of fused-ring (bicyclic) bond motifs is 1. The van der Waals surface area contributed by atoms with E-state index in [9.17, 15) is 18.0 Å². The van der Waals surface area contributed by atoms with Crippen molar-refractivity contribution in [3.8, 4) is 0 Å². The molecule has 0 spiro atoms. The quantitative estimate of drug-likeness (QED) is 0.717. The molecule has 0 radical (unpaired) electrons. The Labute approximate surface area is 120 Å². The van der Waals surface area contributed by atoms with Gasteiger partial charge in [-0.2, -0.15) is 13.2 Å². The lowest BCUT2D eigenvalue weighted by molar-refractivity contribution is -0.186. The molecule has 0 atom stereocenters. The van der Waals surface area contributed by atoms with E-state index < -0.39 is 17.5 Å². The molecule has 2 rings (SSSR count). The summed E-state index contributed by atoms with van der Waals surface area (Å²) in [6.45, 7) is 3.74. The van der Waals surface area contributed by atoms with Crippen LogP contribution in [0.2, 0.25) is 5.02 Å². The zero-order chi connectivity index (χ0) is 15.1. The van der Waals surface area contributed by atoms with Gasteiger partial charge in [0.15, 0.2) is 0 Å². The van der Waals surface area contributed by atoms with E-state index in [0.29, 0.717) is 11.4 Å². The summed E-state index contributed by atoms with van der Waals surface area (Å²) in [6.07, 6.45) is -4.43. The minimum atomic E-state index is -4.83. The third-order valence-electron chi connectivity index (χ3n) is 3.57. The Kier molecular flexibility index (Phi) is 3.75. The number of halogens is 4. The number of carbonyl (C=O) groups is 1. The lowest BCUT2D eigenvalue weighted by Gasteiger charge is -2.31. The summed E-state index contributed by atoms with van der Waals surface area (Å²) in [5.74, 6) is -1.77. The van der Waals surface area contributed by atoms with E-state index in [2.05, 4.69) is 0 Å². The van der Waals surface area contributed by atoms with Crippen molar-refractivity contribution in [3.05, 3.63) is 34.3 Å². The molecule has 1 aromatic rings. The summed E-state index contributed by atoms with van der Waals surface area (Å²) in [6, 6.07) is 5.32. The second kappa shape index (κ2) is 4.95. The summed E-state index contributed by atoms with van der Waals surface area (Å²) < 4.78 is 37.8. The van der Waals surface area contributed by atoms with Crippen LogP contribution in [0.25, 0.3) is 0 Å². The fourth-order valence-electron chi connectivity index (χ4n) is 2.65. The lowest BCUT2D eigenvalue weighted by Crippen LogP contribution is -2.46. The van der Waals surface area contributed by atoms with Gasteiger partial charge in [-0.1, -0.05) is 31.5 Å². The molecular weight excluding hydrogens is 291 g/mol. The van der Waals surface area contributed by atoms with Crippen LogP contribution in [0.15, 0.2) is 18.2 Å². The van der Waals surface area contributed by atoms with Crippen molar-refractivity contribution in [1.29, 1.82) is 0 Å². The molecule has 0 aromatic heterocycles. The monoisotopic (exact) mass is 305 g/mol. The third-order valence-corrected chi connectivity index (χ3v) is 3.80. The molecule has 0 fully saturated rings. The highest BCUT2D eigenvalue weighted by atomic mass is 35.5. The first-order valence-electron chi connectivity index (χ1n) is 6.26. The molecule has 1 aromatic carbocycles. The molecule has 110 valence electrons. The van der Waals surface area contributed by atoms with Gasteiger partial charge in [0, 0.05) is 23.5 Å². The average molecular weight is 306 g/mol. The van der Waals surface area contributed by atoms with Gasteiger partial charge in [-0.25, -0.2) is 0 Å². The predicted molar refractivity (Wildman–Crippen MR) is 70.8 cm³/mol. The lowest BCUT2D eigenvalue weighted by atomic mass is 9.82. The smallest absolute Gasteiger partial charge is 0.334 e. The van der Waals surface area contributed by atoms with Crippen LogP contribution in [0.3, 0.4) is 0 Å². The summed E-state index contributed by atoms with van der Waals surface area (Å²) in [4.78, 5) is 12.3. The summed E-state index contributed by atoms with van der Waals surface area (Å²) in [7, 11) is 0. The molecule has 0 bridgehead atoms. The summed E-state index contributed by atoms with van der Waals surface area (Å²) >= 11 is 5.97. The van der Waals surface area contributed by atoms with Crippen LogP contribution in [0.4, 0.5) is 13.2 Å². The van der Waals surface area contributed by atoms with Gasteiger partial charge < -0.3 is 4.90 Å². The molecule has 1 aliphatic heterocycles. The molecular formula is C14H15ClF3NO. The molecule has 0 unspecified atom stereocenters. The number of carbonyl (C=O) groups excluding carboxylic acids is 1. The molecule has 6 heteroatoms. The van der Waals surface area contributed by atoms with Crippen LogP contribution in [0.1, 0.15) is 25.0 Å². The van der Waals surface area contributed by atoms with E-state index >= 15 is 0 Å². The second-order valence-electron chi connectivity index (χ2n) is 5.66. The van der Waals surface area contributed by atoms with Gasteiger partial charge in [0.25, 0.3) is 0 Å². The van der Waals surface area contributed by atoms with Gasteiger partial charge >= 0.3 is 12.1 Å². The molecule has 0 saturated heterocycles. The van der Waals surface area contributed by atoms with Crippen molar-refractivity contribution in [2.45, 2.75) is 31.9 Å². The van der Waals surface area contributed by atoms with Gasteiger partial charge in [0.1, 0.15) is 0 Å². The molecule has 20 heavy (non-hydrogen) atoms. The van der Waals surface area contributed by atoms with Crippen LogP contribution < -0.4 is 0 Å². The fraction of sp³-hybridized carbons (Fsp3) is 0.500. The Balaban J connectivity index is 2.36. The zero-order valence-electron chi connectivity index (χ0n) is 11.2. The number of hydrogen-bond donors (Lipinski definition) is 0. The van der Waals surface area contributed by atoms with Gasteiger partial charge in [-0.05, 0) is 29.7 Å².